The topological polar surface area (TPSA) is 55.6 Å². The zero-order valence-corrected chi connectivity index (χ0v) is 14.0. The highest BCUT2D eigenvalue weighted by Crippen LogP contribution is 2.44. The monoisotopic (exact) mass is 326 g/mol. The maximum absolute atomic E-state index is 12.6. The average Bonchev–Trinajstić information content (AvgIpc) is 3.22. The number of ether oxygens (including phenoxy) is 1. The molecule has 3 heterocycles. The van der Waals surface area contributed by atoms with Crippen LogP contribution in [-0.2, 0) is 23.4 Å². The minimum absolute atomic E-state index is 0.0396. The van der Waals surface area contributed by atoms with Crippen LogP contribution in [0.4, 0.5) is 0 Å². The molecule has 1 aromatic heterocycles. The highest BCUT2D eigenvalue weighted by atomic mass is 16.5. The van der Waals surface area contributed by atoms with Crippen LogP contribution in [-0.4, -0.2) is 29.1 Å². The quantitative estimate of drug-likeness (QED) is 0.868. The van der Waals surface area contributed by atoms with Crippen molar-refractivity contribution in [2.45, 2.75) is 44.8 Å². The molecule has 0 aliphatic carbocycles. The Morgan fingerprint density at radius 3 is 2.88 bits per heavy atom. The van der Waals surface area contributed by atoms with Gasteiger partial charge in [-0.05, 0) is 30.4 Å². The molecule has 2 aromatic rings. The van der Waals surface area contributed by atoms with E-state index in [2.05, 4.69) is 36.3 Å². The molecule has 0 saturated carbocycles. The minimum atomic E-state index is -0.218. The fourth-order valence-electron chi connectivity index (χ4n) is 3.81. The second-order valence-corrected chi connectivity index (χ2v) is 6.66. The number of aromatic nitrogens is 1. The van der Waals surface area contributed by atoms with Crippen molar-refractivity contribution in [3.63, 3.8) is 0 Å². The lowest BCUT2D eigenvalue weighted by molar-refractivity contribution is -0.0742. The first kappa shape index (κ1) is 15.4. The van der Waals surface area contributed by atoms with Gasteiger partial charge in [-0.2, -0.15) is 0 Å². The first-order chi connectivity index (χ1) is 11.7. The number of rotatable bonds is 3. The fraction of sp³-hybridized carbons (Fsp3) is 0.474. The average molecular weight is 326 g/mol. The van der Waals surface area contributed by atoms with E-state index in [0.717, 1.165) is 31.4 Å². The van der Waals surface area contributed by atoms with E-state index in [-0.39, 0.29) is 11.5 Å². The number of hydrogen-bond acceptors (Lipinski definition) is 4. The largest absolute Gasteiger partial charge is 0.365 e. The van der Waals surface area contributed by atoms with Crippen molar-refractivity contribution < 1.29 is 14.1 Å². The molecule has 2 aliphatic heterocycles. The number of benzene rings is 1. The summed E-state index contributed by atoms with van der Waals surface area (Å²) in [5.41, 5.74) is 2.77. The van der Waals surface area contributed by atoms with Crippen LogP contribution in [0.2, 0.25) is 0 Å². The minimum Gasteiger partial charge on any atom is -0.365 e. The van der Waals surface area contributed by atoms with Crippen molar-refractivity contribution in [1.82, 2.24) is 10.1 Å². The number of carbonyl (C=O) groups excluding carboxylic acids is 1. The van der Waals surface area contributed by atoms with Gasteiger partial charge < -0.3 is 14.2 Å². The predicted octanol–water partition coefficient (Wildman–Crippen LogP) is 3.29. The summed E-state index contributed by atoms with van der Waals surface area (Å²) < 4.78 is 11.4. The first-order valence-corrected chi connectivity index (χ1v) is 8.69. The Bertz CT molecular complexity index is 745. The van der Waals surface area contributed by atoms with Gasteiger partial charge in [0.1, 0.15) is 5.76 Å². The molecule has 0 unspecified atom stereocenters. The van der Waals surface area contributed by atoms with Gasteiger partial charge in [0.05, 0.1) is 12.2 Å². The molecule has 5 heteroatoms. The zero-order valence-electron chi connectivity index (χ0n) is 14.0. The Balaban J connectivity index is 1.45. The predicted molar refractivity (Wildman–Crippen MR) is 88.5 cm³/mol. The molecule has 0 radical (unpaired) electrons. The highest BCUT2D eigenvalue weighted by molar-refractivity contribution is 5.92. The molecule has 24 heavy (non-hydrogen) atoms. The normalized spacial score (nSPS) is 18.8. The van der Waals surface area contributed by atoms with Gasteiger partial charge in [0, 0.05) is 25.6 Å². The summed E-state index contributed by atoms with van der Waals surface area (Å²) >= 11 is 0. The summed E-state index contributed by atoms with van der Waals surface area (Å²) in [5, 5.41) is 3.94. The summed E-state index contributed by atoms with van der Waals surface area (Å²) in [7, 11) is 0. The summed E-state index contributed by atoms with van der Waals surface area (Å²) in [6.07, 6.45) is 3.45. The molecule has 1 fully saturated rings. The molecular formula is C19H22N2O3. The molecule has 1 saturated heterocycles. The standard InChI is InChI=1S/C19H22N2O3/c1-2-5-15-12-17(20-24-15)18(22)21-10-8-19(9-11-21)16-7-4-3-6-14(16)13-23-19/h3-4,6-7,12H,2,5,8-11,13H2,1H3. The van der Waals surface area contributed by atoms with Gasteiger partial charge in [0.2, 0.25) is 0 Å². The van der Waals surface area contributed by atoms with Crippen LogP contribution in [0.15, 0.2) is 34.9 Å². The van der Waals surface area contributed by atoms with Crippen LogP contribution in [0.3, 0.4) is 0 Å². The Hall–Kier alpha value is -2.14. The summed E-state index contributed by atoms with van der Waals surface area (Å²) in [4.78, 5) is 14.5. The van der Waals surface area contributed by atoms with E-state index in [1.54, 1.807) is 6.07 Å². The van der Waals surface area contributed by atoms with Crippen LogP contribution in [0.5, 0.6) is 0 Å². The van der Waals surface area contributed by atoms with Gasteiger partial charge in [-0.25, -0.2) is 0 Å². The van der Waals surface area contributed by atoms with Gasteiger partial charge in [-0.15, -0.1) is 0 Å². The van der Waals surface area contributed by atoms with Gasteiger partial charge in [0.25, 0.3) is 5.91 Å². The van der Waals surface area contributed by atoms with Crippen molar-refractivity contribution in [1.29, 1.82) is 0 Å². The van der Waals surface area contributed by atoms with Crippen molar-refractivity contribution in [2.75, 3.05) is 13.1 Å². The molecule has 1 amide bonds. The van der Waals surface area contributed by atoms with Gasteiger partial charge in [-0.3, -0.25) is 4.79 Å². The van der Waals surface area contributed by atoms with E-state index in [1.807, 2.05) is 4.90 Å². The number of nitrogens with zero attached hydrogens (tertiary/aromatic N) is 2. The highest BCUT2D eigenvalue weighted by Gasteiger charge is 2.43. The maximum Gasteiger partial charge on any atom is 0.276 e. The molecule has 126 valence electrons. The fourth-order valence-corrected chi connectivity index (χ4v) is 3.81. The number of carbonyl (C=O) groups is 1. The summed E-state index contributed by atoms with van der Waals surface area (Å²) in [6.45, 7) is 4.12. The molecule has 4 rings (SSSR count). The lowest BCUT2D eigenvalue weighted by Crippen LogP contribution is -2.45. The number of likely N-dealkylation sites (tertiary alicyclic amines) is 1. The molecule has 1 aromatic carbocycles. The van der Waals surface area contributed by atoms with E-state index in [9.17, 15) is 4.79 Å². The molecule has 1 spiro atoms. The summed E-state index contributed by atoms with van der Waals surface area (Å²) in [6, 6.07) is 10.2. The maximum atomic E-state index is 12.6. The zero-order chi connectivity index (χ0) is 16.6. The van der Waals surface area contributed by atoms with Crippen LogP contribution >= 0.6 is 0 Å². The molecule has 0 atom stereocenters. The van der Waals surface area contributed by atoms with E-state index in [0.29, 0.717) is 25.4 Å². The van der Waals surface area contributed by atoms with Gasteiger partial charge >= 0.3 is 0 Å². The Labute approximate surface area is 141 Å². The van der Waals surface area contributed by atoms with Crippen molar-refractivity contribution in [3.05, 3.63) is 52.9 Å². The van der Waals surface area contributed by atoms with Crippen molar-refractivity contribution in [3.8, 4) is 0 Å². The number of fused-ring (bicyclic) bond motifs is 2. The Morgan fingerprint density at radius 2 is 2.08 bits per heavy atom. The number of amides is 1. The lowest BCUT2D eigenvalue weighted by Gasteiger charge is -2.39. The van der Waals surface area contributed by atoms with Crippen LogP contribution < -0.4 is 0 Å². The number of hydrogen-bond donors (Lipinski definition) is 0. The molecule has 0 N–H and O–H groups in total. The molecular weight excluding hydrogens is 304 g/mol. The Kier molecular flexibility index (Phi) is 3.88. The van der Waals surface area contributed by atoms with Crippen molar-refractivity contribution >= 4 is 5.91 Å². The van der Waals surface area contributed by atoms with Crippen LogP contribution in [0, 0.1) is 0 Å². The van der Waals surface area contributed by atoms with Gasteiger partial charge in [-0.1, -0.05) is 36.3 Å². The smallest absolute Gasteiger partial charge is 0.276 e. The van der Waals surface area contributed by atoms with Crippen LogP contribution in [0.1, 0.15) is 53.6 Å². The molecule has 5 nitrogen and oxygen atoms in total. The molecule has 2 aliphatic rings. The third-order valence-electron chi connectivity index (χ3n) is 5.14. The van der Waals surface area contributed by atoms with E-state index in [4.69, 9.17) is 9.26 Å². The summed E-state index contributed by atoms with van der Waals surface area (Å²) in [5.74, 6) is 0.740. The third kappa shape index (κ3) is 2.53. The third-order valence-corrected chi connectivity index (χ3v) is 5.14. The van der Waals surface area contributed by atoms with E-state index < -0.39 is 0 Å². The van der Waals surface area contributed by atoms with Crippen molar-refractivity contribution in [2.24, 2.45) is 0 Å². The Morgan fingerprint density at radius 1 is 1.29 bits per heavy atom. The van der Waals surface area contributed by atoms with E-state index in [1.165, 1.54) is 11.1 Å². The second kappa shape index (κ2) is 6.06. The van der Waals surface area contributed by atoms with Crippen LogP contribution in [0.25, 0.3) is 0 Å². The first-order valence-electron chi connectivity index (χ1n) is 8.69. The second-order valence-electron chi connectivity index (χ2n) is 6.66. The number of piperidine rings is 1. The van der Waals surface area contributed by atoms with Gasteiger partial charge in [0.15, 0.2) is 5.69 Å². The number of aryl methyl sites for hydroxylation is 1. The molecule has 0 bridgehead atoms. The van der Waals surface area contributed by atoms with E-state index >= 15 is 0 Å². The lowest BCUT2D eigenvalue weighted by atomic mass is 9.84. The SMILES string of the molecule is CCCc1cc(C(=O)N2CCC3(CC2)OCc2ccccc23)no1.